The van der Waals surface area contributed by atoms with Gasteiger partial charge >= 0.3 is 0 Å². The molecule has 0 saturated carbocycles. The van der Waals surface area contributed by atoms with E-state index < -0.39 is 0 Å². The highest BCUT2D eigenvalue weighted by molar-refractivity contribution is 9.11. The van der Waals surface area contributed by atoms with E-state index in [0.717, 1.165) is 14.2 Å². The molecule has 1 atom stereocenters. The maximum atomic E-state index is 13.6. The van der Waals surface area contributed by atoms with Gasteiger partial charge in [-0.2, -0.15) is 0 Å². The monoisotopic (exact) mass is 378 g/mol. The van der Waals surface area contributed by atoms with Gasteiger partial charge in [-0.05, 0) is 45.8 Å². The minimum absolute atomic E-state index is 0.000735. The van der Waals surface area contributed by atoms with Crippen LogP contribution in [0.2, 0.25) is 0 Å². The largest absolute Gasteiger partial charge is 0.494 e. The molecule has 0 aliphatic heterocycles. The lowest BCUT2D eigenvalue weighted by molar-refractivity contribution is 0.386. The molecule has 0 bridgehead atoms. The normalized spacial score (nSPS) is 12.5. The number of benzene rings is 1. The molecule has 0 N–H and O–H groups in total. The van der Waals surface area contributed by atoms with Gasteiger partial charge in [0.2, 0.25) is 0 Å². The summed E-state index contributed by atoms with van der Waals surface area (Å²) in [5.41, 5.74) is 0.873. The highest BCUT2D eigenvalue weighted by Crippen LogP contribution is 2.37. The lowest BCUT2D eigenvalue weighted by Gasteiger charge is -2.09. The van der Waals surface area contributed by atoms with E-state index in [-0.39, 0.29) is 16.4 Å². The highest BCUT2D eigenvalue weighted by atomic mass is 79.9. The smallest absolute Gasteiger partial charge is 0.165 e. The van der Waals surface area contributed by atoms with Crippen LogP contribution in [0.5, 0.6) is 5.75 Å². The SMILES string of the molecule is COc1ccc(C(Br)c2ccc(Br)s2)cc1F. The van der Waals surface area contributed by atoms with Crippen molar-refractivity contribution in [2.75, 3.05) is 7.11 Å². The highest BCUT2D eigenvalue weighted by Gasteiger charge is 2.14. The Bertz CT molecular complexity index is 527. The van der Waals surface area contributed by atoms with E-state index in [0.29, 0.717) is 0 Å². The molecular formula is C12H9Br2FOS. The van der Waals surface area contributed by atoms with E-state index in [9.17, 15) is 4.39 Å². The average molecular weight is 380 g/mol. The number of alkyl halides is 1. The van der Waals surface area contributed by atoms with Crippen molar-refractivity contribution in [1.82, 2.24) is 0 Å². The lowest BCUT2D eigenvalue weighted by atomic mass is 10.1. The summed E-state index contributed by atoms with van der Waals surface area (Å²) in [6, 6.07) is 8.98. The standard InChI is InChI=1S/C12H9Br2FOS/c1-16-9-3-2-7(6-8(9)15)12(14)10-4-5-11(13)17-10/h2-6,12H,1H3. The van der Waals surface area contributed by atoms with Crippen molar-refractivity contribution < 1.29 is 9.13 Å². The number of thiophene rings is 1. The second kappa shape index (κ2) is 5.50. The van der Waals surface area contributed by atoms with Crippen LogP contribution < -0.4 is 4.74 Å². The van der Waals surface area contributed by atoms with Crippen molar-refractivity contribution in [3.63, 3.8) is 0 Å². The molecule has 0 aliphatic rings. The summed E-state index contributed by atoms with van der Waals surface area (Å²) in [7, 11) is 1.46. The molecule has 1 nitrogen and oxygen atoms in total. The molecule has 1 heterocycles. The van der Waals surface area contributed by atoms with E-state index >= 15 is 0 Å². The molecule has 1 aromatic heterocycles. The second-order valence-corrected chi connectivity index (χ2v) is 6.81. The molecule has 0 aliphatic carbocycles. The fraction of sp³-hybridized carbons (Fsp3) is 0.167. The Labute approximate surface area is 120 Å². The molecule has 5 heteroatoms. The van der Waals surface area contributed by atoms with Crippen LogP contribution in [0.4, 0.5) is 4.39 Å². The van der Waals surface area contributed by atoms with Crippen LogP contribution in [-0.4, -0.2) is 7.11 Å². The zero-order valence-corrected chi connectivity index (χ0v) is 12.9. The zero-order valence-electron chi connectivity index (χ0n) is 8.91. The maximum absolute atomic E-state index is 13.6. The van der Waals surface area contributed by atoms with Crippen LogP contribution in [0.25, 0.3) is 0 Å². The summed E-state index contributed by atoms with van der Waals surface area (Å²) in [6.07, 6.45) is 0. The number of halogens is 3. The Morgan fingerprint density at radius 3 is 2.59 bits per heavy atom. The van der Waals surface area contributed by atoms with Crippen LogP contribution >= 0.6 is 43.2 Å². The number of hydrogen-bond donors (Lipinski definition) is 0. The molecule has 0 fully saturated rings. The zero-order chi connectivity index (χ0) is 12.4. The molecule has 90 valence electrons. The first-order chi connectivity index (χ1) is 8.11. The summed E-state index contributed by atoms with van der Waals surface area (Å²) in [5.74, 6) is -0.0779. The summed E-state index contributed by atoms with van der Waals surface area (Å²) in [5, 5.41) is 0. The van der Waals surface area contributed by atoms with E-state index in [1.165, 1.54) is 13.2 Å². The molecule has 2 aromatic rings. The van der Waals surface area contributed by atoms with E-state index in [1.807, 2.05) is 18.2 Å². The molecule has 1 aromatic carbocycles. The molecular weight excluding hydrogens is 371 g/mol. The predicted octanol–water partition coefficient (Wildman–Crippen LogP) is 5.14. The maximum Gasteiger partial charge on any atom is 0.165 e. The Balaban J connectivity index is 2.31. The quantitative estimate of drug-likeness (QED) is 0.670. The van der Waals surface area contributed by atoms with Crippen molar-refractivity contribution >= 4 is 43.2 Å². The molecule has 0 saturated heterocycles. The van der Waals surface area contributed by atoms with Crippen LogP contribution in [0, 0.1) is 5.82 Å². The molecule has 17 heavy (non-hydrogen) atoms. The Morgan fingerprint density at radius 2 is 2.06 bits per heavy atom. The molecule has 2 rings (SSSR count). The van der Waals surface area contributed by atoms with Gasteiger partial charge in [0.1, 0.15) is 0 Å². The average Bonchev–Trinajstić information content (AvgIpc) is 2.75. The summed E-state index contributed by atoms with van der Waals surface area (Å²) < 4.78 is 19.5. The number of methoxy groups -OCH3 is 1. The van der Waals surface area contributed by atoms with Crippen molar-refractivity contribution in [1.29, 1.82) is 0 Å². The number of rotatable bonds is 3. The van der Waals surface area contributed by atoms with Crippen LogP contribution in [0.15, 0.2) is 34.1 Å². The van der Waals surface area contributed by atoms with Crippen LogP contribution in [-0.2, 0) is 0 Å². The van der Waals surface area contributed by atoms with Gasteiger partial charge in [0, 0.05) is 4.88 Å². The first-order valence-corrected chi connectivity index (χ1v) is 7.37. The fourth-order valence-corrected chi connectivity index (χ4v) is 3.62. The third-order valence-corrected chi connectivity index (χ3v) is 5.33. The van der Waals surface area contributed by atoms with Crippen LogP contribution in [0.3, 0.4) is 0 Å². The van der Waals surface area contributed by atoms with E-state index in [4.69, 9.17) is 4.74 Å². The van der Waals surface area contributed by atoms with E-state index in [1.54, 1.807) is 17.4 Å². The molecule has 0 spiro atoms. The lowest BCUT2D eigenvalue weighted by Crippen LogP contribution is -1.93. The number of hydrogen-bond acceptors (Lipinski definition) is 2. The number of ether oxygens (including phenoxy) is 1. The first kappa shape index (κ1) is 13.1. The Morgan fingerprint density at radius 1 is 1.29 bits per heavy atom. The predicted molar refractivity (Wildman–Crippen MR) is 75.7 cm³/mol. The third kappa shape index (κ3) is 2.89. The molecule has 0 radical (unpaired) electrons. The van der Waals surface area contributed by atoms with E-state index in [2.05, 4.69) is 31.9 Å². The third-order valence-electron chi connectivity index (χ3n) is 2.31. The summed E-state index contributed by atoms with van der Waals surface area (Å²) in [6.45, 7) is 0. The van der Waals surface area contributed by atoms with Gasteiger partial charge in [-0.15, -0.1) is 11.3 Å². The summed E-state index contributed by atoms with van der Waals surface area (Å²) >= 11 is 8.61. The second-order valence-electron chi connectivity index (χ2n) is 3.40. The van der Waals surface area contributed by atoms with Gasteiger partial charge < -0.3 is 4.74 Å². The van der Waals surface area contributed by atoms with Crippen molar-refractivity contribution in [2.45, 2.75) is 4.83 Å². The van der Waals surface area contributed by atoms with Crippen molar-refractivity contribution in [3.8, 4) is 5.75 Å². The van der Waals surface area contributed by atoms with Gasteiger partial charge in [-0.1, -0.05) is 22.0 Å². The summed E-state index contributed by atoms with van der Waals surface area (Å²) in [4.78, 5) is 1.13. The van der Waals surface area contributed by atoms with Gasteiger partial charge in [0.05, 0.1) is 15.7 Å². The van der Waals surface area contributed by atoms with Gasteiger partial charge in [0.25, 0.3) is 0 Å². The van der Waals surface area contributed by atoms with Crippen molar-refractivity contribution in [2.24, 2.45) is 0 Å². The molecule has 1 unspecified atom stereocenters. The van der Waals surface area contributed by atoms with Gasteiger partial charge in [-0.3, -0.25) is 0 Å². The van der Waals surface area contributed by atoms with Crippen LogP contribution in [0.1, 0.15) is 15.3 Å². The Kier molecular flexibility index (Phi) is 4.22. The van der Waals surface area contributed by atoms with Gasteiger partial charge in [0.15, 0.2) is 11.6 Å². The van der Waals surface area contributed by atoms with Gasteiger partial charge in [-0.25, -0.2) is 4.39 Å². The minimum atomic E-state index is -0.343. The Hall–Kier alpha value is -0.390. The fourth-order valence-electron chi connectivity index (χ4n) is 1.47. The molecule has 0 amide bonds. The van der Waals surface area contributed by atoms with Crippen molar-refractivity contribution in [3.05, 3.63) is 50.4 Å². The first-order valence-electron chi connectivity index (χ1n) is 4.84. The topological polar surface area (TPSA) is 9.23 Å². The minimum Gasteiger partial charge on any atom is -0.494 e.